The largest absolute Gasteiger partial charge is 0.300 e. The van der Waals surface area contributed by atoms with Crippen LogP contribution in [0.3, 0.4) is 0 Å². The van der Waals surface area contributed by atoms with E-state index in [0.29, 0.717) is 6.92 Å². The summed E-state index contributed by atoms with van der Waals surface area (Å²) in [5, 5.41) is 0. The first-order valence-electron chi connectivity index (χ1n) is 2.10. The zero-order valence-electron chi connectivity index (χ0n) is 4.58. The van der Waals surface area contributed by atoms with Gasteiger partial charge in [0.15, 0.2) is 0 Å². The molecule has 0 aromatic carbocycles. The first kappa shape index (κ1) is 8.77. The molecule has 6 heteroatoms. The highest BCUT2D eigenvalue weighted by atomic mass is 32.2. The van der Waals surface area contributed by atoms with Gasteiger partial charge in [0.2, 0.25) is 0 Å². The van der Waals surface area contributed by atoms with Crippen LogP contribution in [0.4, 0.5) is 8.78 Å². The van der Waals surface area contributed by atoms with Crippen LogP contribution in [0.2, 0.25) is 0 Å². The van der Waals surface area contributed by atoms with Gasteiger partial charge in [-0.25, -0.2) is 8.78 Å². The molecule has 0 spiro atoms. The molecule has 0 heterocycles. The molecule has 0 radical (unpaired) electrons. The third-order valence-corrected chi connectivity index (χ3v) is 1.59. The smallest absolute Gasteiger partial charge is 0.283 e. The van der Waals surface area contributed by atoms with Crippen LogP contribution >= 0.6 is 0 Å². The summed E-state index contributed by atoms with van der Waals surface area (Å²) in [6.07, 6.45) is -2.19. The Morgan fingerprint density at radius 1 is 1.44 bits per heavy atom. The van der Waals surface area contributed by atoms with Gasteiger partial charge in [-0.1, -0.05) is 0 Å². The van der Waals surface area contributed by atoms with Crippen molar-refractivity contribution in [2.24, 2.45) is 0 Å². The summed E-state index contributed by atoms with van der Waals surface area (Å²) in [5.74, 6) is 0. The monoisotopic (exact) mass is 160 g/mol. The van der Waals surface area contributed by atoms with Gasteiger partial charge < -0.3 is 0 Å². The maximum Gasteiger partial charge on any atom is 0.300 e. The molecule has 0 aliphatic heterocycles. The van der Waals surface area contributed by atoms with Crippen molar-refractivity contribution in [3.05, 3.63) is 0 Å². The van der Waals surface area contributed by atoms with E-state index < -0.39 is 21.8 Å². The SMILES string of the molecule is CC(F)C(F)S(=O)(=O)O. The topological polar surface area (TPSA) is 54.4 Å². The maximum absolute atomic E-state index is 11.8. The van der Waals surface area contributed by atoms with Crippen molar-refractivity contribution >= 4 is 10.1 Å². The van der Waals surface area contributed by atoms with Crippen LogP contribution in [0.1, 0.15) is 6.92 Å². The van der Waals surface area contributed by atoms with E-state index in [2.05, 4.69) is 0 Å². The molecule has 0 aliphatic carbocycles. The van der Waals surface area contributed by atoms with Crippen LogP contribution in [0, 0.1) is 0 Å². The minimum Gasteiger partial charge on any atom is -0.283 e. The Labute approximate surface area is 51.4 Å². The highest BCUT2D eigenvalue weighted by molar-refractivity contribution is 7.86. The number of hydrogen-bond acceptors (Lipinski definition) is 2. The first-order chi connectivity index (χ1) is 3.85. The molecule has 0 aliphatic rings. The lowest BCUT2D eigenvalue weighted by molar-refractivity contribution is 0.231. The number of rotatable bonds is 2. The molecule has 2 unspecified atom stereocenters. The fraction of sp³-hybridized carbons (Fsp3) is 1.00. The Morgan fingerprint density at radius 2 is 1.78 bits per heavy atom. The van der Waals surface area contributed by atoms with Gasteiger partial charge in [-0.2, -0.15) is 8.42 Å². The zero-order chi connectivity index (χ0) is 7.65. The summed E-state index contributed by atoms with van der Waals surface area (Å²) in [5.41, 5.74) is -2.82. The molecule has 0 amide bonds. The van der Waals surface area contributed by atoms with Crippen molar-refractivity contribution in [2.45, 2.75) is 18.6 Å². The van der Waals surface area contributed by atoms with Gasteiger partial charge in [-0.05, 0) is 6.92 Å². The first-order valence-corrected chi connectivity index (χ1v) is 3.60. The third-order valence-electron chi connectivity index (χ3n) is 0.646. The molecule has 1 N–H and O–H groups in total. The molecule has 56 valence electrons. The van der Waals surface area contributed by atoms with Crippen LogP contribution in [-0.2, 0) is 10.1 Å². The molecule has 2 atom stereocenters. The van der Waals surface area contributed by atoms with Crippen molar-refractivity contribution in [1.82, 2.24) is 0 Å². The Hall–Kier alpha value is -0.230. The van der Waals surface area contributed by atoms with E-state index in [1.807, 2.05) is 0 Å². The molecule has 0 aromatic heterocycles. The van der Waals surface area contributed by atoms with E-state index >= 15 is 0 Å². The second-order valence-corrected chi connectivity index (χ2v) is 3.02. The van der Waals surface area contributed by atoms with Gasteiger partial charge in [0.25, 0.3) is 5.50 Å². The average Bonchev–Trinajstić information content (AvgIpc) is 1.62. The van der Waals surface area contributed by atoms with Crippen molar-refractivity contribution in [2.75, 3.05) is 0 Å². The predicted molar refractivity (Wildman–Crippen MR) is 27.0 cm³/mol. The highest BCUT2D eigenvalue weighted by Gasteiger charge is 2.28. The van der Waals surface area contributed by atoms with Gasteiger partial charge in [-0.15, -0.1) is 0 Å². The summed E-state index contributed by atoms with van der Waals surface area (Å²) in [7, 11) is -4.84. The lowest BCUT2D eigenvalue weighted by Crippen LogP contribution is -2.23. The lowest BCUT2D eigenvalue weighted by atomic mass is 10.5. The molecular formula is C3H6F2O3S. The van der Waals surface area contributed by atoms with Gasteiger partial charge in [-0.3, -0.25) is 4.55 Å². The minimum atomic E-state index is -4.84. The fourth-order valence-electron chi connectivity index (χ4n) is 0.237. The Bertz CT molecular complexity index is 173. The van der Waals surface area contributed by atoms with Crippen LogP contribution in [0.25, 0.3) is 0 Å². The Kier molecular flexibility index (Phi) is 2.50. The highest BCUT2D eigenvalue weighted by Crippen LogP contribution is 2.08. The summed E-state index contributed by atoms with van der Waals surface area (Å²) in [4.78, 5) is 0. The maximum atomic E-state index is 11.8. The van der Waals surface area contributed by atoms with E-state index in [1.54, 1.807) is 0 Å². The molecule has 0 saturated heterocycles. The molecule has 0 bridgehead atoms. The fourth-order valence-corrected chi connectivity index (χ4v) is 0.711. The van der Waals surface area contributed by atoms with Crippen molar-refractivity contribution in [1.29, 1.82) is 0 Å². The second kappa shape index (κ2) is 2.57. The quantitative estimate of drug-likeness (QED) is 0.599. The van der Waals surface area contributed by atoms with Gasteiger partial charge in [0, 0.05) is 0 Å². The molecule has 0 fully saturated rings. The molecular weight excluding hydrogens is 154 g/mol. The Balaban J connectivity index is 4.24. The van der Waals surface area contributed by atoms with Crippen LogP contribution in [-0.4, -0.2) is 24.6 Å². The molecule has 0 saturated carbocycles. The second-order valence-electron chi connectivity index (χ2n) is 1.54. The predicted octanol–water partition coefficient (Wildman–Crippen LogP) is 0.528. The normalized spacial score (nSPS) is 19.1. The summed E-state index contributed by atoms with van der Waals surface area (Å²) in [6, 6.07) is 0. The number of hydrogen-bond donors (Lipinski definition) is 1. The molecule has 0 aromatic rings. The van der Waals surface area contributed by atoms with Gasteiger partial charge in [0.05, 0.1) is 0 Å². The Morgan fingerprint density at radius 3 is 1.78 bits per heavy atom. The van der Waals surface area contributed by atoms with E-state index in [-0.39, 0.29) is 0 Å². The molecule has 0 rings (SSSR count). The van der Waals surface area contributed by atoms with E-state index in [9.17, 15) is 17.2 Å². The summed E-state index contributed by atoms with van der Waals surface area (Å²) >= 11 is 0. The van der Waals surface area contributed by atoms with Crippen LogP contribution < -0.4 is 0 Å². The summed E-state index contributed by atoms with van der Waals surface area (Å²) < 4.78 is 50.7. The third kappa shape index (κ3) is 2.71. The van der Waals surface area contributed by atoms with E-state index in [0.717, 1.165) is 0 Å². The lowest BCUT2D eigenvalue weighted by Gasteiger charge is -2.03. The zero-order valence-corrected chi connectivity index (χ0v) is 5.40. The number of halogens is 2. The van der Waals surface area contributed by atoms with Crippen LogP contribution in [0.5, 0.6) is 0 Å². The van der Waals surface area contributed by atoms with Crippen molar-refractivity contribution in [3.63, 3.8) is 0 Å². The molecule has 3 nitrogen and oxygen atoms in total. The van der Waals surface area contributed by atoms with Crippen LogP contribution in [0.15, 0.2) is 0 Å². The van der Waals surface area contributed by atoms with Gasteiger partial charge in [0.1, 0.15) is 6.17 Å². The average molecular weight is 160 g/mol. The minimum absolute atomic E-state index is 0.707. The van der Waals surface area contributed by atoms with Crippen molar-refractivity contribution in [3.8, 4) is 0 Å². The summed E-state index contributed by atoms with van der Waals surface area (Å²) in [6.45, 7) is 0.707. The standard InChI is InChI=1S/C3H6F2O3S/c1-2(4)3(5)9(6,7)8/h2-3H,1H3,(H,6,7,8). The van der Waals surface area contributed by atoms with E-state index in [4.69, 9.17) is 4.55 Å². The van der Waals surface area contributed by atoms with E-state index in [1.165, 1.54) is 0 Å². The molecule has 9 heavy (non-hydrogen) atoms. The number of alkyl halides is 2. The van der Waals surface area contributed by atoms with Crippen molar-refractivity contribution < 1.29 is 21.8 Å². The van der Waals surface area contributed by atoms with Gasteiger partial charge >= 0.3 is 10.1 Å².